The van der Waals surface area contributed by atoms with Gasteiger partial charge in [-0.15, -0.1) is 0 Å². The zero-order chi connectivity index (χ0) is 17.8. The molecule has 0 saturated carbocycles. The molecule has 1 aliphatic rings. The minimum Gasteiger partial charge on any atom is -0.368 e. The Labute approximate surface area is 157 Å². The lowest BCUT2D eigenvalue weighted by molar-refractivity contribution is 0.102. The molecule has 0 spiro atoms. The number of halogens is 2. The molecule has 132 valence electrons. The van der Waals surface area contributed by atoms with Crippen molar-refractivity contribution in [1.82, 2.24) is 9.88 Å². The first-order chi connectivity index (χ1) is 12.1. The zero-order valence-electron chi connectivity index (χ0n) is 14.0. The first-order valence-corrected chi connectivity index (χ1v) is 9.01. The molecule has 0 aliphatic carbocycles. The summed E-state index contributed by atoms with van der Waals surface area (Å²) in [5, 5.41) is 3.73. The van der Waals surface area contributed by atoms with Gasteiger partial charge in [0.15, 0.2) is 0 Å². The highest BCUT2D eigenvalue weighted by Gasteiger charge is 2.17. The summed E-state index contributed by atoms with van der Waals surface area (Å²) in [6.07, 6.45) is 3.36. The van der Waals surface area contributed by atoms with Crippen molar-refractivity contribution < 1.29 is 4.79 Å². The first kappa shape index (κ1) is 18.0. The first-order valence-electron chi connectivity index (χ1n) is 8.25. The molecule has 1 aromatic carbocycles. The normalized spacial score (nSPS) is 15.2. The summed E-state index contributed by atoms with van der Waals surface area (Å²) < 4.78 is 0. The number of hydrogen-bond acceptors (Lipinski definition) is 4. The van der Waals surface area contributed by atoms with Gasteiger partial charge in [0.1, 0.15) is 0 Å². The molecule has 5 nitrogen and oxygen atoms in total. The maximum atomic E-state index is 12.5. The van der Waals surface area contributed by atoms with Gasteiger partial charge >= 0.3 is 0 Å². The number of rotatable bonds is 4. The Kier molecular flexibility index (Phi) is 5.78. The number of anilines is 2. The third-order valence-electron chi connectivity index (χ3n) is 4.35. The summed E-state index contributed by atoms with van der Waals surface area (Å²) in [4.78, 5) is 21.4. The SMILES string of the molecule is CCN1CCN(c2cncc(C(=O)Nc3ccc(Cl)cc3Cl)c2)CC1. The van der Waals surface area contributed by atoms with Gasteiger partial charge in [-0.25, -0.2) is 0 Å². The number of piperazine rings is 1. The minimum atomic E-state index is -0.245. The Bertz CT molecular complexity index is 760. The number of pyridine rings is 1. The van der Waals surface area contributed by atoms with E-state index in [1.165, 1.54) is 0 Å². The topological polar surface area (TPSA) is 48.5 Å². The Morgan fingerprint density at radius 3 is 2.60 bits per heavy atom. The second-order valence-electron chi connectivity index (χ2n) is 5.93. The van der Waals surface area contributed by atoms with Crippen molar-refractivity contribution >= 4 is 40.5 Å². The molecule has 1 N–H and O–H groups in total. The lowest BCUT2D eigenvalue weighted by atomic mass is 10.2. The summed E-state index contributed by atoms with van der Waals surface area (Å²) in [7, 11) is 0. The molecule has 1 fully saturated rings. The van der Waals surface area contributed by atoms with Gasteiger partial charge in [0.05, 0.1) is 28.2 Å². The maximum Gasteiger partial charge on any atom is 0.257 e. The van der Waals surface area contributed by atoms with Crippen LogP contribution in [0.3, 0.4) is 0 Å². The lowest BCUT2D eigenvalue weighted by Crippen LogP contribution is -2.46. The number of carbonyl (C=O) groups excluding carboxylic acids is 1. The van der Waals surface area contributed by atoms with E-state index in [4.69, 9.17) is 23.2 Å². The molecule has 1 amide bonds. The van der Waals surface area contributed by atoms with Crippen molar-refractivity contribution in [3.8, 4) is 0 Å². The predicted molar refractivity (Wildman–Crippen MR) is 103 cm³/mol. The standard InChI is InChI=1S/C18H20Cl2N4O/c1-2-23-5-7-24(8-6-23)15-9-13(11-21-12-15)18(25)22-17-4-3-14(19)10-16(17)20/h3-4,9-12H,2,5-8H2,1H3,(H,22,25). The average molecular weight is 379 g/mol. The highest BCUT2D eigenvalue weighted by molar-refractivity contribution is 6.36. The number of carbonyl (C=O) groups is 1. The van der Waals surface area contributed by atoms with Crippen molar-refractivity contribution in [3.05, 3.63) is 52.3 Å². The van der Waals surface area contributed by atoms with Gasteiger partial charge in [0.25, 0.3) is 5.91 Å². The van der Waals surface area contributed by atoms with E-state index in [0.29, 0.717) is 21.3 Å². The molecule has 0 bridgehead atoms. The quantitative estimate of drug-likeness (QED) is 0.879. The summed E-state index contributed by atoms with van der Waals surface area (Å²) in [5.41, 5.74) is 1.99. The molecule has 2 heterocycles. The van der Waals surface area contributed by atoms with Crippen LogP contribution < -0.4 is 10.2 Å². The molecule has 25 heavy (non-hydrogen) atoms. The zero-order valence-corrected chi connectivity index (χ0v) is 15.5. The van der Waals surface area contributed by atoms with E-state index in [0.717, 1.165) is 38.4 Å². The van der Waals surface area contributed by atoms with Gasteiger partial charge in [-0.3, -0.25) is 9.78 Å². The van der Waals surface area contributed by atoms with E-state index in [1.807, 2.05) is 6.07 Å². The average Bonchev–Trinajstić information content (AvgIpc) is 2.64. The molecule has 1 aromatic heterocycles. The van der Waals surface area contributed by atoms with Crippen LogP contribution in [0.25, 0.3) is 0 Å². The van der Waals surface area contributed by atoms with Gasteiger partial charge in [-0.05, 0) is 30.8 Å². The summed E-state index contributed by atoms with van der Waals surface area (Å²) in [6, 6.07) is 6.84. The lowest BCUT2D eigenvalue weighted by Gasteiger charge is -2.35. The molecular weight excluding hydrogens is 359 g/mol. The van der Waals surface area contributed by atoms with E-state index >= 15 is 0 Å². The molecule has 2 aromatic rings. The Hall–Kier alpha value is -1.82. The summed E-state index contributed by atoms with van der Waals surface area (Å²) in [6.45, 7) is 7.15. The molecule has 7 heteroatoms. The smallest absolute Gasteiger partial charge is 0.257 e. The fraction of sp³-hybridized carbons (Fsp3) is 0.333. The monoisotopic (exact) mass is 378 g/mol. The summed E-state index contributed by atoms with van der Waals surface area (Å²) in [5.74, 6) is -0.245. The van der Waals surface area contributed by atoms with Gasteiger partial charge in [-0.1, -0.05) is 30.1 Å². The number of likely N-dealkylation sites (N-methyl/N-ethyl adjacent to an activating group) is 1. The summed E-state index contributed by atoms with van der Waals surface area (Å²) >= 11 is 12.0. The molecule has 0 radical (unpaired) electrons. The fourth-order valence-corrected chi connectivity index (χ4v) is 3.29. The van der Waals surface area contributed by atoms with Crippen molar-refractivity contribution in [2.75, 3.05) is 42.9 Å². The molecule has 0 unspecified atom stereocenters. The van der Waals surface area contributed by atoms with Crippen LogP contribution in [-0.2, 0) is 0 Å². The van der Waals surface area contributed by atoms with Gasteiger partial charge < -0.3 is 15.1 Å². The second kappa shape index (κ2) is 8.04. The minimum absolute atomic E-state index is 0.245. The van der Waals surface area contributed by atoms with Crippen LogP contribution in [0, 0.1) is 0 Å². The van der Waals surface area contributed by atoms with Crippen molar-refractivity contribution in [2.45, 2.75) is 6.92 Å². The highest BCUT2D eigenvalue weighted by atomic mass is 35.5. The fourth-order valence-electron chi connectivity index (χ4n) is 2.83. The van der Waals surface area contributed by atoms with Crippen LogP contribution in [0.15, 0.2) is 36.7 Å². The third-order valence-corrected chi connectivity index (χ3v) is 4.90. The van der Waals surface area contributed by atoms with Crippen molar-refractivity contribution in [2.24, 2.45) is 0 Å². The van der Waals surface area contributed by atoms with Crippen molar-refractivity contribution in [3.63, 3.8) is 0 Å². The number of aromatic nitrogens is 1. The second-order valence-corrected chi connectivity index (χ2v) is 6.78. The Morgan fingerprint density at radius 1 is 1.16 bits per heavy atom. The number of nitrogens with one attached hydrogen (secondary N) is 1. The van der Waals surface area contributed by atoms with Crippen molar-refractivity contribution in [1.29, 1.82) is 0 Å². The van der Waals surface area contributed by atoms with E-state index < -0.39 is 0 Å². The Balaban J connectivity index is 1.71. The van der Waals surface area contributed by atoms with E-state index in [1.54, 1.807) is 30.6 Å². The van der Waals surface area contributed by atoms with Crippen LogP contribution in [0.2, 0.25) is 10.0 Å². The molecule has 3 rings (SSSR count). The van der Waals surface area contributed by atoms with Crippen LogP contribution in [0.4, 0.5) is 11.4 Å². The van der Waals surface area contributed by atoms with E-state index in [2.05, 4.69) is 27.0 Å². The molecule has 0 atom stereocenters. The van der Waals surface area contributed by atoms with Crippen LogP contribution in [0.5, 0.6) is 0 Å². The molecule has 1 aliphatic heterocycles. The number of hydrogen-bond donors (Lipinski definition) is 1. The van der Waals surface area contributed by atoms with Gasteiger partial charge in [-0.2, -0.15) is 0 Å². The van der Waals surface area contributed by atoms with Crippen LogP contribution in [-0.4, -0.2) is 48.5 Å². The van der Waals surface area contributed by atoms with Gasteiger partial charge in [0.2, 0.25) is 0 Å². The predicted octanol–water partition coefficient (Wildman–Crippen LogP) is 3.78. The third kappa shape index (κ3) is 4.42. The maximum absolute atomic E-state index is 12.5. The number of amides is 1. The molecular formula is C18H20Cl2N4O. The van der Waals surface area contributed by atoms with Gasteiger partial charge in [0, 0.05) is 37.4 Å². The number of nitrogens with zero attached hydrogens (tertiary/aromatic N) is 3. The van der Waals surface area contributed by atoms with E-state index in [9.17, 15) is 4.79 Å². The highest BCUT2D eigenvalue weighted by Crippen LogP contribution is 2.26. The van der Waals surface area contributed by atoms with E-state index in [-0.39, 0.29) is 5.91 Å². The molecule has 1 saturated heterocycles. The Morgan fingerprint density at radius 2 is 1.92 bits per heavy atom. The van der Waals surface area contributed by atoms with Crippen LogP contribution in [0.1, 0.15) is 17.3 Å². The largest absolute Gasteiger partial charge is 0.368 e. The van der Waals surface area contributed by atoms with Crippen LogP contribution >= 0.6 is 23.2 Å². The number of benzene rings is 1.